The first-order valence-corrected chi connectivity index (χ1v) is 6.71. The van der Waals surface area contributed by atoms with Gasteiger partial charge < -0.3 is 15.0 Å². The first kappa shape index (κ1) is 13.2. The molecule has 0 heterocycles. The van der Waals surface area contributed by atoms with Crippen LogP contribution in [0.2, 0.25) is 0 Å². The van der Waals surface area contributed by atoms with Gasteiger partial charge in [-0.1, -0.05) is 0 Å². The smallest absolute Gasteiger partial charge is 0.124 e. The zero-order chi connectivity index (χ0) is 13.1. The fourth-order valence-corrected chi connectivity index (χ4v) is 2.32. The molecule has 0 saturated heterocycles. The molecule has 0 aliphatic heterocycles. The fourth-order valence-electron chi connectivity index (χ4n) is 2.32. The number of likely N-dealkylation sites (N-methyl/N-ethyl adjacent to an activating group) is 1. The van der Waals surface area contributed by atoms with E-state index in [0.29, 0.717) is 0 Å². The molecule has 3 heteroatoms. The molecule has 1 N–H and O–H groups in total. The Bertz CT molecular complexity index is 390. The molecule has 0 unspecified atom stereocenters. The zero-order valence-corrected chi connectivity index (χ0v) is 11.9. The number of methoxy groups -OCH3 is 1. The predicted octanol–water partition coefficient (Wildman–Crippen LogP) is 2.50. The van der Waals surface area contributed by atoms with Gasteiger partial charge in [-0.05, 0) is 49.9 Å². The van der Waals surface area contributed by atoms with Crippen molar-refractivity contribution in [2.24, 2.45) is 0 Å². The van der Waals surface area contributed by atoms with Crippen LogP contribution in [-0.2, 0) is 0 Å². The number of hydrogen-bond acceptors (Lipinski definition) is 3. The lowest BCUT2D eigenvalue weighted by atomic mass is 10.1. The molecule has 100 valence electrons. The highest BCUT2D eigenvalue weighted by atomic mass is 16.5. The van der Waals surface area contributed by atoms with Gasteiger partial charge in [0.1, 0.15) is 5.75 Å². The van der Waals surface area contributed by atoms with E-state index in [1.54, 1.807) is 7.11 Å². The van der Waals surface area contributed by atoms with Crippen LogP contribution in [0.25, 0.3) is 0 Å². The Morgan fingerprint density at radius 1 is 1.28 bits per heavy atom. The van der Waals surface area contributed by atoms with E-state index in [-0.39, 0.29) is 0 Å². The summed E-state index contributed by atoms with van der Waals surface area (Å²) in [5.41, 5.74) is 3.67. The van der Waals surface area contributed by atoms with E-state index in [0.717, 1.165) is 24.9 Å². The van der Waals surface area contributed by atoms with Crippen LogP contribution in [0.15, 0.2) is 12.1 Å². The summed E-state index contributed by atoms with van der Waals surface area (Å²) in [5.74, 6) is 1.00. The highest BCUT2D eigenvalue weighted by Gasteiger charge is 2.19. The van der Waals surface area contributed by atoms with Crippen molar-refractivity contribution in [3.8, 4) is 5.75 Å². The van der Waals surface area contributed by atoms with Gasteiger partial charge >= 0.3 is 0 Å². The van der Waals surface area contributed by atoms with Crippen molar-refractivity contribution in [2.45, 2.75) is 32.7 Å². The number of aryl methyl sites for hydroxylation is 2. The van der Waals surface area contributed by atoms with Gasteiger partial charge in [-0.3, -0.25) is 0 Å². The van der Waals surface area contributed by atoms with Crippen molar-refractivity contribution in [1.82, 2.24) is 5.32 Å². The Hall–Kier alpha value is -1.22. The van der Waals surface area contributed by atoms with Crippen LogP contribution in [0.3, 0.4) is 0 Å². The molecule has 0 bridgehead atoms. The molecule has 0 aromatic heterocycles. The van der Waals surface area contributed by atoms with Gasteiger partial charge in [0, 0.05) is 31.9 Å². The van der Waals surface area contributed by atoms with Gasteiger partial charge in [-0.25, -0.2) is 0 Å². The molecule has 1 aromatic rings. The van der Waals surface area contributed by atoms with Gasteiger partial charge in [-0.15, -0.1) is 0 Å². The molecule has 1 saturated carbocycles. The van der Waals surface area contributed by atoms with E-state index >= 15 is 0 Å². The van der Waals surface area contributed by atoms with E-state index in [9.17, 15) is 0 Å². The summed E-state index contributed by atoms with van der Waals surface area (Å²) in [6.45, 7) is 6.31. The molecule has 1 aliphatic carbocycles. The van der Waals surface area contributed by atoms with E-state index in [1.807, 2.05) is 0 Å². The molecule has 2 rings (SSSR count). The maximum Gasteiger partial charge on any atom is 0.124 e. The van der Waals surface area contributed by atoms with Crippen molar-refractivity contribution < 1.29 is 4.74 Å². The lowest BCUT2D eigenvalue weighted by Crippen LogP contribution is -2.30. The highest BCUT2D eigenvalue weighted by Crippen LogP contribution is 2.28. The van der Waals surface area contributed by atoms with Gasteiger partial charge in [-0.2, -0.15) is 0 Å². The Morgan fingerprint density at radius 3 is 2.39 bits per heavy atom. The number of rotatable bonds is 6. The number of benzene rings is 1. The molecule has 0 radical (unpaired) electrons. The predicted molar refractivity (Wildman–Crippen MR) is 76.8 cm³/mol. The van der Waals surface area contributed by atoms with Gasteiger partial charge in [0.15, 0.2) is 0 Å². The summed E-state index contributed by atoms with van der Waals surface area (Å²) in [7, 11) is 3.88. The SMILES string of the molecule is COc1c(C)cc(N(C)CCNC2CC2)cc1C. The first-order chi connectivity index (χ1) is 8.61. The van der Waals surface area contributed by atoms with E-state index < -0.39 is 0 Å². The second kappa shape index (κ2) is 5.61. The number of anilines is 1. The topological polar surface area (TPSA) is 24.5 Å². The summed E-state index contributed by atoms with van der Waals surface area (Å²) < 4.78 is 5.40. The third-order valence-corrected chi connectivity index (χ3v) is 3.55. The number of ether oxygens (including phenoxy) is 1. The van der Waals surface area contributed by atoms with Crippen LogP contribution in [0.4, 0.5) is 5.69 Å². The molecule has 1 fully saturated rings. The minimum absolute atomic E-state index is 0.790. The Kier molecular flexibility index (Phi) is 4.12. The van der Waals surface area contributed by atoms with Crippen LogP contribution in [0.1, 0.15) is 24.0 Å². The highest BCUT2D eigenvalue weighted by molar-refractivity contribution is 5.56. The average molecular weight is 248 g/mol. The largest absolute Gasteiger partial charge is 0.496 e. The van der Waals surface area contributed by atoms with Crippen LogP contribution < -0.4 is 15.0 Å². The maximum atomic E-state index is 5.40. The third-order valence-electron chi connectivity index (χ3n) is 3.55. The average Bonchev–Trinajstić information content (AvgIpc) is 3.12. The molecule has 0 atom stereocenters. The first-order valence-electron chi connectivity index (χ1n) is 6.71. The lowest BCUT2D eigenvalue weighted by molar-refractivity contribution is 0.408. The molecule has 1 aromatic carbocycles. The minimum Gasteiger partial charge on any atom is -0.496 e. The Balaban J connectivity index is 1.97. The van der Waals surface area contributed by atoms with Crippen molar-refractivity contribution in [1.29, 1.82) is 0 Å². The number of nitrogens with zero attached hydrogens (tertiary/aromatic N) is 1. The number of nitrogens with one attached hydrogen (secondary N) is 1. The van der Waals surface area contributed by atoms with E-state index in [1.165, 1.54) is 29.7 Å². The van der Waals surface area contributed by atoms with Gasteiger partial charge in [0.05, 0.1) is 7.11 Å². The second-order valence-electron chi connectivity index (χ2n) is 5.26. The van der Waals surface area contributed by atoms with Crippen LogP contribution >= 0.6 is 0 Å². The fraction of sp³-hybridized carbons (Fsp3) is 0.600. The monoisotopic (exact) mass is 248 g/mol. The second-order valence-corrected chi connectivity index (χ2v) is 5.26. The third kappa shape index (κ3) is 3.16. The lowest BCUT2D eigenvalue weighted by Gasteiger charge is -2.22. The van der Waals surface area contributed by atoms with E-state index in [4.69, 9.17) is 4.74 Å². The molecular formula is C15H24N2O. The molecule has 18 heavy (non-hydrogen) atoms. The van der Waals surface area contributed by atoms with Crippen molar-refractivity contribution in [3.05, 3.63) is 23.3 Å². The van der Waals surface area contributed by atoms with Crippen LogP contribution in [0.5, 0.6) is 5.75 Å². The normalized spacial score (nSPS) is 14.7. The van der Waals surface area contributed by atoms with Crippen LogP contribution in [0, 0.1) is 13.8 Å². The maximum absolute atomic E-state index is 5.40. The van der Waals surface area contributed by atoms with E-state index in [2.05, 4.69) is 43.2 Å². The summed E-state index contributed by atoms with van der Waals surface area (Å²) in [6, 6.07) is 5.18. The van der Waals surface area contributed by atoms with Gasteiger partial charge in [0.25, 0.3) is 0 Å². The van der Waals surface area contributed by atoms with Crippen molar-refractivity contribution in [2.75, 3.05) is 32.1 Å². The van der Waals surface area contributed by atoms with Gasteiger partial charge in [0.2, 0.25) is 0 Å². The summed E-state index contributed by atoms with van der Waals surface area (Å²) in [5, 5.41) is 3.54. The molecular weight excluding hydrogens is 224 g/mol. The molecule has 0 amide bonds. The summed E-state index contributed by atoms with van der Waals surface area (Å²) in [4.78, 5) is 2.30. The van der Waals surface area contributed by atoms with Crippen molar-refractivity contribution in [3.63, 3.8) is 0 Å². The van der Waals surface area contributed by atoms with Crippen molar-refractivity contribution >= 4 is 5.69 Å². The standard InChI is InChI=1S/C15H24N2O/c1-11-9-14(10-12(2)15(11)18-4)17(3)8-7-16-13-5-6-13/h9-10,13,16H,5-8H2,1-4H3. The summed E-state index contributed by atoms with van der Waals surface area (Å²) in [6.07, 6.45) is 2.70. The minimum atomic E-state index is 0.790. The number of hydrogen-bond donors (Lipinski definition) is 1. The Morgan fingerprint density at radius 2 is 1.89 bits per heavy atom. The Labute approximate surface area is 110 Å². The molecule has 0 spiro atoms. The molecule has 1 aliphatic rings. The van der Waals surface area contributed by atoms with Crippen LogP contribution in [-0.4, -0.2) is 33.3 Å². The summed E-state index contributed by atoms with van der Waals surface area (Å²) >= 11 is 0. The molecule has 3 nitrogen and oxygen atoms in total. The zero-order valence-electron chi connectivity index (χ0n) is 11.9. The quantitative estimate of drug-likeness (QED) is 0.837.